The van der Waals surface area contributed by atoms with Gasteiger partial charge >= 0.3 is 0 Å². The summed E-state index contributed by atoms with van der Waals surface area (Å²) >= 11 is 0. The fourth-order valence-electron chi connectivity index (χ4n) is 2.50. The third-order valence-electron chi connectivity index (χ3n) is 3.80. The highest BCUT2D eigenvalue weighted by molar-refractivity contribution is 7.89. The molecule has 1 fully saturated rings. The Hall–Kier alpha value is -1.67. The number of nitrogens with two attached hydrogens (primary N) is 1. The monoisotopic (exact) mass is 313 g/mol. The minimum atomic E-state index is -3.70. The highest BCUT2D eigenvalue weighted by Gasteiger charge is 2.29. The van der Waals surface area contributed by atoms with E-state index in [2.05, 4.69) is 6.92 Å². The van der Waals surface area contributed by atoms with Crippen LogP contribution >= 0.6 is 0 Å². The number of anilines is 1. The van der Waals surface area contributed by atoms with Crippen molar-refractivity contribution in [1.82, 2.24) is 4.31 Å². The molecule has 1 aromatic carbocycles. The molecule has 0 bridgehead atoms. The molecular weight excluding hydrogens is 294 g/mol. The lowest BCUT2D eigenvalue weighted by atomic mass is 10.0. The molecule has 2 N–H and O–H groups in total. The number of nitrogen functional groups attached to an aromatic ring is 1. The Kier molecular flexibility index (Phi) is 4.48. The van der Waals surface area contributed by atoms with Crippen LogP contribution in [0.25, 0.3) is 0 Å². The summed E-state index contributed by atoms with van der Waals surface area (Å²) in [4.78, 5) is 10.0. The van der Waals surface area contributed by atoms with Crippen LogP contribution in [0.4, 0.5) is 11.4 Å². The number of sulfonamides is 1. The molecule has 0 aliphatic carbocycles. The number of non-ortho nitro benzene ring substituents is 1. The molecule has 0 amide bonds. The second-order valence-electron chi connectivity index (χ2n) is 5.42. The van der Waals surface area contributed by atoms with Gasteiger partial charge in [-0.3, -0.25) is 10.1 Å². The average Bonchev–Trinajstić information content (AvgIpc) is 2.63. The molecule has 0 spiro atoms. The van der Waals surface area contributed by atoms with E-state index in [1.54, 1.807) is 0 Å². The van der Waals surface area contributed by atoms with Crippen molar-refractivity contribution in [2.75, 3.05) is 18.8 Å². The van der Waals surface area contributed by atoms with Gasteiger partial charge in [-0.2, -0.15) is 4.31 Å². The molecule has 0 saturated carbocycles. The van der Waals surface area contributed by atoms with Gasteiger partial charge in [0.05, 0.1) is 10.6 Å². The van der Waals surface area contributed by atoms with E-state index in [-0.39, 0.29) is 16.3 Å². The molecule has 1 atom stereocenters. The SMILES string of the molecule is CC1CCCN(S(=O)(=O)c2ccc([N+](=O)[O-])cc2N)CC1. The van der Waals surface area contributed by atoms with Crippen LogP contribution in [0.2, 0.25) is 0 Å². The third-order valence-corrected chi connectivity index (χ3v) is 5.77. The fourth-order valence-corrected chi connectivity index (χ4v) is 4.09. The number of benzene rings is 1. The molecule has 1 aliphatic rings. The normalized spacial score (nSPS) is 20.9. The summed E-state index contributed by atoms with van der Waals surface area (Å²) in [6.45, 7) is 3.03. The number of nitro groups is 1. The van der Waals surface area contributed by atoms with E-state index >= 15 is 0 Å². The zero-order chi connectivity index (χ0) is 15.6. The van der Waals surface area contributed by atoms with Crippen LogP contribution in [0.1, 0.15) is 26.2 Å². The smallest absolute Gasteiger partial charge is 0.271 e. The predicted molar refractivity (Wildman–Crippen MR) is 79.3 cm³/mol. The van der Waals surface area contributed by atoms with Crippen molar-refractivity contribution in [1.29, 1.82) is 0 Å². The maximum absolute atomic E-state index is 12.6. The lowest BCUT2D eigenvalue weighted by Gasteiger charge is -2.20. The molecule has 0 radical (unpaired) electrons. The standard InChI is InChI=1S/C13H19N3O4S/c1-10-3-2-7-15(8-6-10)21(19,20)13-5-4-11(16(17)18)9-12(13)14/h4-5,9-10H,2-3,6-8,14H2,1H3. The first-order chi connectivity index (χ1) is 9.82. The van der Waals surface area contributed by atoms with Gasteiger partial charge in [-0.25, -0.2) is 8.42 Å². The summed E-state index contributed by atoms with van der Waals surface area (Å²) in [7, 11) is -3.70. The van der Waals surface area contributed by atoms with E-state index in [0.717, 1.165) is 25.3 Å². The molecule has 2 rings (SSSR count). The Balaban J connectivity index is 2.33. The third kappa shape index (κ3) is 3.33. The lowest BCUT2D eigenvalue weighted by molar-refractivity contribution is -0.384. The first-order valence-corrected chi connectivity index (χ1v) is 8.30. The maximum Gasteiger partial charge on any atom is 0.271 e. The van der Waals surface area contributed by atoms with Crippen LogP contribution in [0.15, 0.2) is 23.1 Å². The molecule has 1 heterocycles. The van der Waals surface area contributed by atoms with Crippen molar-refractivity contribution in [2.45, 2.75) is 31.1 Å². The summed E-state index contributed by atoms with van der Waals surface area (Å²) in [5.74, 6) is 0.499. The minimum Gasteiger partial charge on any atom is -0.397 e. The van der Waals surface area contributed by atoms with E-state index in [9.17, 15) is 18.5 Å². The zero-order valence-corrected chi connectivity index (χ0v) is 12.7. The molecule has 8 heteroatoms. The van der Waals surface area contributed by atoms with Crippen molar-refractivity contribution in [2.24, 2.45) is 5.92 Å². The van der Waals surface area contributed by atoms with Crippen LogP contribution in [-0.2, 0) is 10.0 Å². The quantitative estimate of drug-likeness (QED) is 0.521. The average molecular weight is 313 g/mol. The predicted octanol–water partition coefficient (Wildman–Crippen LogP) is 1.99. The number of nitrogens with zero attached hydrogens (tertiary/aromatic N) is 2. The van der Waals surface area contributed by atoms with Gasteiger partial charge in [0.25, 0.3) is 5.69 Å². The molecule has 21 heavy (non-hydrogen) atoms. The van der Waals surface area contributed by atoms with Crippen molar-refractivity contribution in [3.63, 3.8) is 0 Å². The molecule has 1 saturated heterocycles. The molecule has 1 unspecified atom stereocenters. The molecular formula is C13H19N3O4S. The Bertz CT molecular complexity index is 645. The first-order valence-electron chi connectivity index (χ1n) is 6.86. The van der Waals surface area contributed by atoms with Gasteiger partial charge in [-0.05, 0) is 31.2 Å². The Labute approximate surface area is 123 Å². The van der Waals surface area contributed by atoms with Crippen molar-refractivity contribution >= 4 is 21.4 Å². The topological polar surface area (TPSA) is 107 Å². The fraction of sp³-hybridized carbons (Fsp3) is 0.538. The highest BCUT2D eigenvalue weighted by atomic mass is 32.2. The van der Waals surface area contributed by atoms with Crippen LogP contribution in [0.3, 0.4) is 0 Å². The number of rotatable bonds is 3. The molecule has 7 nitrogen and oxygen atoms in total. The van der Waals surface area contributed by atoms with Gasteiger partial charge in [0.2, 0.25) is 10.0 Å². The summed E-state index contributed by atoms with van der Waals surface area (Å²) in [6, 6.07) is 3.48. The first kappa shape index (κ1) is 15.7. The second-order valence-corrected chi connectivity index (χ2v) is 7.33. The van der Waals surface area contributed by atoms with Gasteiger partial charge in [0.15, 0.2) is 0 Å². The summed E-state index contributed by atoms with van der Waals surface area (Å²) < 4.78 is 26.7. The van der Waals surface area contributed by atoms with Crippen LogP contribution in [0, 0.1) is 16.0 Å². The van der Waals surface area contributed by atoms with E-state index < -0.39 is 14.9 Å². The summed E-state index contributed by atoms with van der Waals surface area (Å²) in [6.07, 6.45) is 2.63. The summed E-state index contributed by atoms with van der Waals surface area (Å²) in [5, 5.41) is 10.7. The zero-order valence-electron chi connectivity index (χ0n) is 11.9. The van der Waals surface area contributed by atoms with Crippen molar-refractivity contribution in [3.05, 3.63) is 28.3 Å². The van der Waals surface area contributed by atoms with Gasteiger partial charge < -0.3 is 5.73 Å². The molecule has 116 valence electrons. The highest BCUT2D eigenvalue weighted by Crippen LogP contribution is 2.28. The van der Waals surface area contributed by atoms with Gasteiger partial charge in [0, 0.05) is 25.2 Å². The number of hydrogen-bond donors (Lipinski definition) is 1. The Morgan fingerprint density at radius 3 is 2.67 bits per heavy atom. The number of nitro benzene ring substituents is 1. The van der Waals surface area contributed by atoms with Crippen molar-refractivity contribution < 1.29 is 13.3 Å². The van der Waals surface area contributed by atoms with E-state index in [0.29, 0.717) is 19.0 Å². The van der Waals surface area contributed by atoms with Gasteiger partial charge in [-0.15, -0.1) is 0 Å². The van der Waals surface area contributed by atoms with Gasteiger partial charge in [-0.1, -0.05) is 6.92 Å². The van der Waals surface area contributed by atoms with E-state index in [1.807, 2.05) is 0 Å². The lowest BCUT2D eigenvalue weighted by Crippen LogP contribution is -2.32. The summed E-state index contributed by atoms with van der Waals surface area (Å²) in [5.41, 5.74) is 5.41. The van der Waals surface area contributed by atoms with Crippen molar-refractivity contribution in [3.8, 4) is 0 Å². The number of hydrogen-bond acceptors (Lipinski definition) is 5. The Morgan fingerprint density at radius 2 is 2.05 bits per heavy atom. The van der Waals surface area contributed by atoms with E-state index in [4.69, 9.17) is 5.73 Å². The van der Waals surface area contributed by atoms with Crippen LogP contribution in [-0.4, -0.2) is 30.7 Å². The van der Waals surface area contributed by atoms with E-state index in [1.165, 1.54) is 16.4 Å². The second kappa shape index (κ2) is 5.98. The molecule has 0 aromatic heterocycles. The largest absolute Gasteiger partial charge is 0.397 e. The van der Waals surface area contributed by atoms with Gasteiger partial charge in [0.1, 0.15) is 4.90 Å². The van der Waals surface area contributed by atoms with Crippen LogP contribution in [0.5, 0.6) is 0 Å². The maximum atomic E-state index is 12.6. The van der Waals surface area contributed by atoms with Crippen LogP contribution < -0.4 is 5.73 Å². The molecule has 1 aromatic rings. The minimum absolute atomic E-state index is 0.0531. The Morgan fingerprint density at radius 1 is 1.33 bits per heavy atom. The molecule has 1 aliphatic heterocycles.